The molecule has 0 spiro atoms. The summed E-state index contributed by atoms with van der Waals surface area (Å²) in [6.07, 6.45) is 41.4. The van der Waals surface area contributed by atoms with E-state index in [1.807, 2.05) is 0 Å². The van der Waals surface area contributed by atoms with Crippen LogP contribution in [0.25, 0.3) is 0 Å². The molecule has 0 radical (unpaired) electrons. The molecule has 1 atom stereocenters. The van der Waals surface area contributed by atoms with Gasteiger partial charge in [-0.2, -0.15) is 0 Å². The van der Waals surface area contributed by atoms with E-state index in [2.05, 4.69) is 48.1 Å². The Morgan fingerprint density at radius 1 is 0.450 bits per heavy atom. The van der Waals surface area contributed by atoms with Gasteiger partial charge < -0.3 is 0 Å². The topological polar surface area (TPSA) is 24.7 Å². The molecule has 1 aliphatic heterocycles. The highest BCUT2D eigenvalue weighted by Gasteiger charge is 2.19. The zero-order chi connectivity index (χ0) is 28.4. The van der Waals surface area contributed by atoms with Crippen LogP contribution in [0.1, 0.15) is 198 Å². The Labute approximate surface area is 250 Å². The molecule has 2 nitrogen and oxygen atoms in total. The zero-order valence-corrected chi connectivity index (χ0v) is 26.8. The summed E-state index contributed by atoms with van der Waals surface area (Å²) in [5, 5.41) is 0. The van der Waals surface area contributed by atoms with Gasteiger partial charge in [-0.3, -0.25) is 0 Å². The van der Waals surface area contributed by atoms with Crippen molar-refractivity contribution in [3.8, 4) is 0 Å². The Bertz CT molecular complexity index is 722. The highest BCUT2D eigenvalue weighted by Crippen LogP contribution is 2.30. The van der Waals surface area contributed by atoms with Crippen LogP contribution in [0.15, 0.2) is 34.3 Å². The molecule has 0 amide bonds. The second-order valence-electron chi connectivity index (χ2n) is 12.6. The van der Waals surface area contributed by atoms with E-state index in [-0.39, 0.29) is 0 Å². The van der Waals surface area contributed by atoms with Crippen molar-refractivity contribution in [2.75, 3.05) is 0 Å². The molecular weight excluding hydrogens is 484 g/mol. The minimum Gasteiger partial charge on any atom is -0.147 e. The van der Waals surface area contributed by atoms with Crippen LogP contribution in [-0.2, 0) is 0 Å². The van der Waals surface area contributed by atoms with E-state index in [4.69, 9.17) is 0 Å². The summed E-state index contributed by atoms with van der Waals surface area (Å²) in [5.41, 5.74) is 2.67. The maximum Gasteiger partial charge on any atom is 0.243 e. The lowest BCUT2D eigenvalue weighted by atomic mass is 9.87. The lowest BCUT2D eigenvalue weighted by Gasteiger charge is -2.17. The predicted octanol–water partition coefficient (Wildman–Crippen LogP) is 12.9. The number of aliphatic imine (C=N–C) groups is 2. The number of benzene rings is 1. The molecule has 0 aromatic heterocycles. The number of rotatable bonds is 28. The van der Waals surface area contributed by atoms with Crippen molar-refractivity contribution >= 4 is 12.4 Å². The van der Waals surface area contributed by atoms with Crippen LogP contribution in [-0.4, -0.2) is 12.4 Å². The lowest BCUT2D eigenvalue weighted by molar-refractivity contribution is 0.480. The third-order valence-corrected chi connectivity index (χ3v) is 8.91. The van der Waals surface area contributed by atoms with E-state index in [9.17, 15) is 0 Å². The van der Waals surface area contributed by atoms with Crippen molar-refractivity contribution < 1.29 is 0 Å². The summed E-state index contributed by atoms with van der Waals surface area (Å²) in [7, 11) is 0. The fourth-order valence-electron chi connectivity index (χ4n) is 6.24. The molecule has 0 bridgehead atoms. The van der Waals surface area contributed by atoms with E-state index in [1.165, 1.54) is 173 Å². The molecule has 0 saturated carbocycles. The minimum absolute atomic E-state index is 0.709. The maximum absolute atomic E-state index is 4.37. The van der Waals surface area contributed by atoms with Gasteiger partial charge in [0, 0.05) is 12.1 Å². The molecule has 2 heteroatoms. The molecule has 40 heavy (non-hydrogen) atoms. The van der Waals surface area contributed by atoms with Crippen molar-refractivity contribution in [3.05, 3.63) is 41.6 Å². The first-order valence-corrected chi connectivity index (χ1v) is 17.9. The Kier molecular flexibility index (Phi) is 21.8. The van der Waals surface area contributed by atoms with Crippen molar-refractivity contribution in [1.82, 2.24) is 0 Å². The summed E-state index contributed by atoms with van der Waals surface area (Å²) in [6.45, 7) is 4.61. The molecule has 226 valence electrons. The molecular formula is C38H65N2+. The van der Waals surface area contributed by atoms with Crippen LogP contribution < -0.4 is 0 Å². The fraction of sp³-hybridized carbons (Fsp3) is 0.763. The monoisotopic (exact) mass is 550 g/mol. The van der Waals surface area contributed by atoms with Gasteiger partial charge in [-0.25, -0.2) is 0 Å². The molecule has 1 aromatic rings. The summed E-state index contributed by atoms with van der Waals surface area (Å²) in [6, 6.07) is 9.19. The molecule has 0 fully saturated rings. The van der Waals surface area contributed by atoms with Crippen LogP contribution in [0.4, 0.5) is 0 Å². The van der Waals surface area contributed by atoms with Crippen LogP contribution in [0, 0.1) is 6.17 Å². The summed E-state index contributed by atoms with van der Waals surface area (Å²) >= 11 is 0. The fourth-order valence-corrected chi connectivity index (χ4v) is 6.24. The third-order valence-electron chi connectivity index (χ3n) is 8.91. The van der Waals surface area contributed by atoms with Crippen molar-refractivity contribution in [2.45, 2.75) is 187 Å². The summed E-state index contributed by atoms with van der Waals surface area (Å²) < 4.78 is 0. The number of hydrogen-bond donors (Lipinski definition) is 0. The van der Waals surface area contributed by atoms with Gasteiger partial charge in [0.1, 0.15) is 18.0 Å². The lowest BCUT2D eigenvalue weighted by Crippen LogP contribution is -2.01. The molecule has 2 rings (SSSR count). The van der Waals surface area contributed by atoms with Gasteiger partial charge >= 0.3 is 0 Å². The van der Waals surface area contributed by atoms with E-state index in [0.717, 1.165) is 11.7 Å². The molecule has 1 aromatic carbocycles. The molecule has 1 heterocycles. The summed E-state index contributed by atoms with van der Waals surface area (Å²) in [5.74, 6) is 0.709. The average Bonchev–Trinajstić information content (AvgIpc) is 3.52. The number of unbranched alkanes of at least 4 members (excludes halogenated alkanes) is 22. The quantitative estimate of drug-likeness (QED) is 0.0733. The predicted molar refractivity (Wildman–Crippen MR) is 180 cm³/mol. The first-order valence-electron chi connectivity index (χ1n) is 17.9. The first-order chi connectivity index (χ1) is 19.8. The van der Waals surface area contributed by atoms with Crippen molar-refractivity contribution in [2.24, 2.45) is 9.98 Å². The SMILES string of the molecule is CCCCCCCCCCCCCCCCCC(CCCCCCCCCCC)c1ccc([C+]2N=CC=N2)cc1. The molecule has 0 N–H and O–H groups in total. The van der Waals surface area contributed by atoms with E-state index in [0.29, 0.717) is 5.92 Å². The normalized spacial score (nSPS) is 13.5. The Balaban J connectivity index is 1.58. The molecule has 1 unspecified atom stereocenters. The largest absolute Gasteiger partial charge is 0.243 e. The van der Waals surface area contributed by atoms with Crippen molar-refractivity contribution in [1.29, 1.82) is 0 Å². The Hall–Kier alpha value is -1.57. The van der Waals surface area contributed by atoms with Crippen LogP contribution in [0.2, 0.25) is 0 Å². The third kappa shape index (κ3) is 17.3. The highest BCUT2D eigenvalue weighted by atomic mass is 15.0. The van der Waals surface area contributed by atoms with Crippen molar-refractivity contribution in [3.63, 3.8) is 0 Å². The second kappa shape index (κ2) is 25.2. The van der Waals surface area contributed by atoms with Gasteiger partial charge in [0.25, 0.3) is 0 Å². The first kappa shape index (κ1) is 34.6. The Morgan fingerprint density at radius 3 is 1.12 bits per heavy atom. The van der Waals surface area contributed by atoms with Gasteiger partial charge in [-0.15, -0.1) is 9.98 Å². The van der Waals surface area contributed by atoms with E-state index >= 15 is 0 Å². The van der Waals surface area contributed by atoms with Crippen LogP contribution in [0.5, 0.6) is 0 Å². The molecule has 1 aliphatic rings. The molecule has 0 saturated heterocycles. The highest BCUT2D eigenvalue weighted by molar-refractivity contribution is 6.18. The van der Waals surface area contributed by atoms with E-state index in [1.54, 1.807) is 12.4 Å². The van der Waals surface area contributed by atoms with Gasteiger partial charge in [0.05, 0.1) is 0 Å². The zero-order valence-electron chi connectivity index (χ0n) is 26.8. The molecule has 0 aliphatic carbocycles. The smallest absolute Gasteiger partial charge is 0.147 e. The standard InChI is InChI=1S/C38H65N2/c1-3-5-7-9-11-13-14-15-16-17-18-20-22-24-26-28-35(27-25-23-21-19-12-10-8-6-4-2)36-29-31-37(32-30-36)38-39-33-34-40-38/h29-35H,3-28H2,1-2H3/q+1. The number of hydrogen-bond acceptors (Lipinski definition) is 2. The van der Waals surface area contributed by atoms with Gasteiger partial charge in [0.15, 0.2) is 0 Å². The van der Waals surface area contributed by atoms with Crippen LogP contribution >= 0.6 is 0 Å². The average molecular weight is 550 g/mol. The summed E-state index contributed by atoms with van der Waals surface area (Å²) in [4.78, 5) is 8.75. The van der Waals surface area contributed by atoms with Gasteiger partial charge in [-0.05, 0) is 36.5 Å². The van der Waals surface area contributed by atoms with Gasteiger partial charge in [-0.1, -0.05) is 168 Å². The van der Waals surface area contributed by atoms with Gasteiger partial charge in [0.2, 0.25) is 6.17 Å². The minimum atomic E-state index is 0.709. The van der Waals surface area contributed by atoms with E-state index < -0.39 is 0 Å². The number of nitrogens with zero attached hydrogens (tertiary/aromatic N) is 2. The maximum atomic E-state index is 4.37. The Morgan fingerprint density at radius 2 is 0.775 bits per heavy atom. The second-order valence-corrected chi connectivity index (χ2v) is 12.6. The van der Waals surface area contributed by atoms with Crippen LogP contribution in [0.3, 0.4) is 0 Å².